The maximum absolute atomic E-state index is 8.73. The molecule has 4 heteroatoms. The number of unbranched alkanes of at least 4 members (excludes halogenated alkanes) is 1. The molecule has 1 aromatic carbocycles. The molecule has 2 nitrogen and oxygen atoms in total. The van der Waals surface area contributed by atoms with Crippen molar-refractivity contribution in [1.82, 2.24) is 0 Å². The highest BCUT2D eigenvalue weighted by molar-refractivity contribution is 7.98. The lowest BCUT2D eigenvalue weighted by atomic mass is 10.2. The number of anilines is 1. The zero-order chi connectivity index (χ0) is 11.8. The van der Waals surface area contributed by atoms with Crippen molar-refractivity contribution in [2.75, 3.05) is 23.9 Å². The van der Waals surface area contributed by atoms with E-state index >= 15 is 0 Å². The second-order valence-electron chi connectivity index (χ2n) is 3.43. The quantitative estimate of drug-likeness (QED) is 0.785. The SMILES string of the molecule is CSCCCCNc1ccc(C#N)c(Cl)c1. The fraction of sp³-hybridized carbons (Fsp3) is 0.417. The van der Waals surface area contributed by atoms with E-state index in [1.54, 1.807) is 12.1 Å². The number of nitrogens with one attached hydrogen (secondary N) is 1. The van der Waals surface area contributed by atoms with Gasteiger partial charge in [-0.05, 0) is 43.0 Å². The Hall–Kier alpha value is -0.850. The molecule has 1 aromatic rings. The smallest absolute Gasteiger partial charge is 0.101 e. The van der Waals surface area contributed by atoms with Crippen LogP contribution in [0.15, 0.2) is 18.2 Å². The molecule has 0 atom stereocenters. The molecule has 1 N–H and O–H groups in total. The fourth-order valence-corrected chi connectivity index (χ4v) is 2.04. The van der Waals surface area contributed by atoms with Crippen molar-refractivity contribution in [1.29, 1.82) is 5.26 Å². The van der Waals surface area contributed by atoms with Gasteiger partial charge in [-0.3, -0.25) is 0 Å². The first kappa shape index (κ1) is 13.2. The van der Waals surface area contributed by atoms with E-state index in [1.165, 1.54) is 12.2 Å². The Kier molecular flexibility index (Phi) is 6.14. The number of benzene rings is 1. The number of nitrogens with zero attached hydrogens (tertiary/aromatic N) is 1. The van der Waals surface area contributed by atoms with Crippen LogP contribution in [0.3, 0.4) is 0 Å². The fourth-order valence-electron chi connectivity index (χ4n) is 1.32. The summed E-state index contributed by atoms with van der Waals surface area (Å²) in [4.78, 5) is 0. The third-order valence-electron chi connectivity index (χ3n) is 2.19. The van der Waals surface area contributed by atoms with E-state index in [0.717, 1.165) is 18.7 Å². The van der Waals surface area contributed by atoms with Crippen LogP contribution in [0.4, 0.5) is 5.69 Å². The topological polar surface area (TPSA) is 35.8 Å². The molecule has 0 bridgehead atoms. The maximum Gasteiger partial charge on any atom is 0.101 e. The summed E-state index contributed by atoms with van der Waals surface area (Å²) < 4.78 is 0. The Balaban J connectivity index is 2.38. The number of nitriles is 1. The van der Waals surface area contributed by atoms with Crippen molar-refractivity contribution in [3.63, 3.8) is 0 Å². The van der Waals surface area contributed by atoms with E-state index in [4.69, 9.17) is 16.9 Å². The molecule has 0 aliphatic heterocycles. The van der Waals surface area contributed by atoms with Gasteiger partial charge in [-0.25, -0.2) is 0 Å². The summed E-state index contributed by atoms with van der Waals surface area (Å²) in [5.41, 5.74) is 1.50. The first-order valence-corrected chi connectivity index (χ1v) is 6.97. The summed E-state index contributed by atoms with van der Waals surface area (Å²) in [7, 11) is 0. The van der Waals surface area contributed by atoms with Crippen LogP contribution in [0.5, 0.6) is 0 Å². The van der Waals surface area contributed by atoms with E-state index in [1.807, 2.05) is 23.9 Å². The zero-order valence-electron chi connectivity index (χ0n) is 9.29. The zero-order valence-corrected chi connectivity index (χ0v) is 10.9. The van der Waals surface area contributed by atoms with Crippen LogP contribution in [-0.2, 0) is 0 Å². The third kappa shape index (κ3) is 4.34. The van der Waals surface area contributed by atoms with Crippen LogP contribution < -0.4 is 5.32 Å². The minimum atomic E-state index is 0.511. The first-order chi connectivity index (χ1) is 7.77. The van der Waals surface area contributed by atoms with Crippen LogP contribution in [0.2, 0.25) is 5.02 Å². The van der Waals surface area contributed by atoms with Gasteiger partial charge in [0.25, 0.3) is 0 Å². The molecule has 86 valence electrons. The molecular weight excluding hydrogens is 240 g/mol. The lowest BCUT2D eigenvalue weighted by Crippen LogP contribution is -2.01. The van der Waals surface area contributed by atoms with Crippen LogP contribution in [-0.4, -0.2) is 18.6 Å². The summed E-state index contributed by atoms with van der Waals surface area (Å²) in [6.45, 7) is 0.947. The maximum atomic E-state index is 8.73. The van der Waals surface area contributed by atoms with Gasteiger partial charge in [0.1, 0.15) is 6.07 Å². The number of hydrogen-bond donors (Lipinski definition) is 1. The van der Waals surface area contributed by atoms with Crippen LogP contribution in [0.25, 0.3) is 0 Å². The Labute approximate surface area is 106 Å². The lowest BCUT2D eigenvalue weighted by Gasteiger charge is -2.06. The van der Waals surface area contributed by atoms with Crippen LogP contribution in [0.1, 0.15) is 18.4 Å². The van der Waals surface area contributed by atoms with Crippen molar-refractivity contribution < 1.29 is 0 Å². The van der Waals surface area contributed by atoms with Gasteiger partial charge in [-0.1, -0.05) is 11.6 Å². The largest absolute Gasteiger partial charge is 0.385 e. The highest BCUT2D eigenvalue weighted by Gasteiger charge is 2.00. The summed E-state index contributed by atoms with van der Waals surface area (Å²) in [6.07, 6.45) is 4.49. The Morgan fingerprint density at radius 3 is 2.88 bits per heavy atom. The average Bonchev–Trinajstić information content (AvgIpc) is 2.29. The van der Waals surface area contributed by atoms with Crippen molar-refractivity contribution in [2.45, 2.75) is 12.8 Å². The summed E-state index contributed by atoms with van der Waals surface area (Å²) in [5, 5.41) is 12.5. The molecule has 0 saturated heterocycles. The molecule has 0 amide bonds. The lowest BCUT2D eigenvalue weighted by molar-refractivity contribution is 0.843. The van der Waals surface area contributed by atoms with Gasteiger partial charge >= 0.3 is 0 Å². The second-order valence-corrected chi connectivity index (χ2v) is 4.83. The minimum Gasteiger partial charge on any atom is -0.385 e. The van der Waals surface area contributed by atoms with Crippen molar-refractivity contribution in [3.8, 4) is 6.07 Å². The van der Waals surface area contributed by atoms with Gasteiger partial charge < -0.3 is 5.32 Å². The Morgan fingerprint density at radius 2 is 2.25 bits per heavy atom. The number of halogens is 1. The third-order valence-corrected chi connectivity index (χ3v) is 3.20. The van der Waals surface area contributed by atoms with Crippen molar-refractivity contribution in [3.05, 3.63) is 28.8 Å². The van der Waals surface area contributed by atoms with Gasteiger partial charge in [0.15, 0.2) is 0 Å². The minimum absolute atomic E-state index is 0.511. The van der Waals surface area contributed by atoms with Crippen LogP contribution in [0, 0.1) is 11.3 Å². The summed E-state index contributed by atoms with van der Waals surface area (Å²) in [5.74, 6) is 1.20. The van der Waals surface area contributed by atoms with Gasteiger partial charge in [0, 0.05) is 12.2 Å². The van der Waals surface area contributed by atoms with E-state index < -0.39 is 0 Å². The average molecular weight is 255 g/mol. The molecule has 0 unspecified atom stereocenters. The Bertz CT molecular complexity index is 374. The van der Waals surface area contributed by atoms with Crippen LogP contribution >= 0.6 is 23.4 Å². The first-order valence-electron chi connectivity index (χ1n) is 5.20. The van der Waals surface area contributed by atoms with E-state index in [2.05, 4.69) is 11.6 Å². The summed E-state index contributed by atoms with van der Waals surface area (Å²) in [6, 6.07) is 7.47. The van der Waals surface area contributed by atoms with Crippen molar-refractivity contribution in [2.24, 2.45) is 0 Å². The highest BCUT2D eigenvalue weighted by Crippen LogP contribution is 2.20. The number of thioether (sulfide) groups is 1. The molecule has 0 radical (unpaired) electrons. The molecule has 0 fully saturated rings. The molecule has 0 aromatic heterocycles. The molecule has 1 rings (SSSR count). The monoisotopic (exact) mass is 254 g/mol. The molecule has 0 spiro atoms. The van der Waals surface area contributed by atoms with Gasteiger partial charge in [-0.15, -0.1) is 0 Å². The molecule has 16 heavy (non-hydrogen) atoms. The van der Waals surface area contributed by atoms with Gasteiger partial charge in [0.05, 0.1) is 10.6 Å². The van der Waals surface area contributed by atoms with Gasteiger partial charge in [0.2, 0.25) is 0 Å². The predicted molar refractivity (Wildman–Crippen MR) is 72.3 cm³/mol. The highest BCUT2D eigenvalue weighted by atomic mass is 35.5. The van der Waals surface area contributed by atoms with E-state index in [-0.39, 0.29) is 0 Å². The van der Waals surface area contributed by atoms with Gasteiger partial charge in [-0.2, -0.15) is 17.0 Å². The second kappa shape index (κ2) is 7.43. The summed E-state index contributed by atoms with van der Waals surface area (Å²) >= 11 is 7.80. The predicted octanol–water partition coefficient (Wildman–Crippen LogP) is 3.77. The normalized spacial score (nSPS) is 9.81. The number of hydrogen-bond acceptors (Lipinski definition) is 3. The molecule has 0 saturated carbocycles. The number of rotatable bonds is 6. The van der Waals surface area contributed by atoms with E-state index in [9.17, 15) is 0 Å². The standard InChI is InChI=1S/C12H15ClN2S/c1-16-7-3-2-6-15-11-5-4-10(9-14)12(13)8-11/h4-5,8,15H,2-3,6-7H2,1H3. The Morgan fingerprint density at radius 1 is 1.44 bits per heavy atom. The molecule has 0 heterocycles. The molecular formula is C12H15ClN2S. The molecule has 0 aliphatic carbocycles. The van der Waals surface area contributed by atoms with E-state index in [0.29, 0.717) is 10.6 Å². The molecule has 0 aliphatic rings. The van der Waals surface area contributed by atoms with Crippen molar-refractivity contribution >= 4 is 29.1 Å².